The second-order valence-corrected chi connectivity index (χ2v) is 6.91. The number of anilines is 1. The Bertz CT molecular complexity index is 1150. The molecule has 2 aromatic heterocycles. The lowest BCUT2D eigenvalue weighted by molar-refractivity contribution is 0.0556. The molecular weight excluding hydrogens is 400 g/mol. The minimum Gasteiger partial charge on any atom is -0.465 e. The van der Waals surface area contributed by atoms with Gasteiger partial charge in [-0.2, -0.15) is 0 Å². The number of nitrogens with zero attached hydrogens (tertiary/aromatic N) is 3. The van der Waals surface area contributed by atoms with Crippen molar-refractivity contribution in [2.24, 2.45) is 0 Å². The molecule has 0 bridgehead atoms. The smallest absolute Gasteiger partial charge is 0.340 e. The van der Waals surface area contributed by atoms with Gasteiger partial charge in [0.1, 0.15) is 11.3 Å². The van der Waals surface area contributed by atoms with Crippen molar-refractivity contribution in [2.75, 3.05) is 19.5 Å². The van der Waals surface area contributed by atoms with E-state index in [1.807, 2.05) is 4.57 Å². The molecule has 3 aromatic rings. The van der Waals surface area contributed by atoms with Crippen LogP contribution in [0.25, 0.3) is 11.3 Å². The topological polar surface area (TPSA) is 112 Å². The van der Waals surface area contributed by atoms with Crippen LogP contribution < -0.4 is 5.32 Å². The van der Waals surface area contributed by atoms with Crippen molar-refractivity contribution in [3.8, 4) is 11.3 Å². The first-order valence-corrected chi connectivity index (χ1v) is 9.65. The summed E-state index contributed by atoms with van der Waals surface area (Å²) in [5.41, 5.74) is 3.29. The maximum Gasteiger partial charge on any atom is 0.340 e. The molecule has 1 amide bonds. The number of rotatable bonds is 5. The van der Waals surface area contributed by atoms with Crippen molar-refractivity contribution in [3.63, 3.8) is 0 Å². The molecule has 0 saturated heterocycles. The van der Waals surface area contributed by atoms with E-state index in [1.165, 1.54) is 32.8 Å². The molecule has 31 heavy (non-hydrogen) atoms. The number of aromatic nitrogens is 3. The van der Waals surface area contributed by atoms with Crippen molar-refractivity contribution in [2.45, 2.75) is 19.4 Å². The van der Waals surface area contributed by atoms with Gasteiger partial charge in [-0.15, -0.1) is 0 Å². The number of fused-ring (bicyclic) bond motifs is 1. The second-order valence-electron chi connectivity index (χ2n) is 6.91. The maximum atomic E-state index is 12.6. The third-order valence-corrected chi connectivity index (χ3v) is 5.16. The normalized spacial score (nSPS) is 12.2. The largest absolute Gasteiger partial charge is 0.465 e. The Labute approximate surface area is 178 Å². The van der Waals surface area contributed by atoms with Gasteiger partial charge in [-0.1, -0.05) is 12.1 Å². The van der Waals surface area contributed by atoms with Gasteiger partial charge in [0.25, 0.3) is 5.91 Å². The highest BCUT2D eigenvalue weighted by atomic mass is 16.5. The van der Waals surface area contributed by atoms with Gasteiger partial charge < -0.3 is 19.4 Å². The predicted octanol–water partition coefficient (Wildman–Crippen LogP) is 2.72. The number of methoxy groups -OCH3 is 2. The Morgan fingerprint density at radius 1 is 1.00 bits per heavy atom. The van der Waals surface area contributed by atoms with Crippen LogP contribution in [0.3, 0.4) is 0 Å². The van der Waals surface area contributed by atoms with E-state index in [0.29, 0.717) is 24.3 Å². The minimum absolute atomic E-state index is 0.195. The number of nitrogens with one attached hydrogen (secondary N) is 1. The molecule has 0 spiro atoms. The van der Waals surface area contributed by atoms with Gasteiger partial charge >= 0.3 is 11.9 Å². The van der Waals surface area contributed by atoms with Crippen molar-refractivity contribution in [1.29, 1.82) is 0 Å². The Morgan fingerprint density at radius 3 is 2.35 bits per heavy atom. The number of carbonyl (C=O) groups is 3. The Balaban J connectivity index is 1.72. The summed E-state index contributed by atoms with van der Waals surface area (Å²) in [7, 11) is 2.57. The van der Waals surface area contributed by atoms with Gasteiger partial charge in [0, 0.05) is 30.3 Å². The Hall–Kier alpha value is -4.01. The van der Waals surface area contributed by atoms with Crippen molar-refractivity contribution in [1.82, 2.24) is 14.5 Å². The first kappa shape index (κ1) is 20.3. The average molecular weight is 420 g/mol. The third-order valence-electron chi connectivity index (χ3n) is 5.16. The molecular formula is C22H20N4O5. The average Bonchev–Trinajstić information content (AvgIpc) is 3.39. The summed E-state index contributed by atoms with van der Waals surface area (Å²) in [4.78, 5) is 45.2. The van der Waals surface area contributed by atoms with E-state index < -0.39 is 11.9 Å². The molecule has 9 heteroatoms. The van der Waals surface area contributed by atoms with Crippen LogP contribution in [0, 0.1) is 0 Å². The molecule has 3 heterocycles. The highest BCUT2D eigenvalue weighted by molar-refractivity contribution is 6.09. The highest BCUT2D eigenvalue weighted by Crippen LogP contribution is 2.37. The molecule has 0 aliphatic carbocycles. The maximum absolute atomic E-state index is 12.6. The lowest BCUT2D eigenvalue weighted by Crippen LogP contribution is -2.13. The molecule has 0 fully saturated rings. The zero-order valence-corrected chi connectivity index (χ0v) is 17.0. The Kier molecular flexibility index (Phi) is 5.48. The number of esters is 2. The summed E-state index contributed by atoms with van der Waals surface area (Å²) < 4.78 is 11.9. The van der Waals surface area contributed by atoms with Crippen LogP contribution in [0.4, 0.5) is 5.69 Å². The molecule has 1 aromatic carbocycles. The minimum atomic E-state index is -0.600. The molecule has 9 nitrogen and oxygen atoms in total. The molecule has 1 aliphatic heterocycles. The van der Waals surface area contributed by atoms with Crippen LogP contribution in [0.15, 0.2) is 42.9 Å². The first-order chi connectivity index (χ1) is 15.0. The molecule has 1 aliphatic rings. The van der Waals surface area contributed by atoms with Crippen LogP contribution in [-0.2, 0) is 22.4 Å². The monoisotopic (exact) mass is 420 g/mol. The standard InChI is InChI=1S/C22H20N4O5/c1-30-21(28)17-16-4-3-11-26(16)19(18(17)22(29)31-2)13-5-7-14(8-6-13)25-20(27)15-12-23-9-10-24-15/h5-10,12H,3-4,11H2,1-2H3,(H,25,27). The van der Waals surface area contributed by atoms with Crippen molar-refractivity contribution in [3.05, 3.63) is 65.4 Å². The van der Waals surface area contributed by atoms with Crippen molar-refractivity contribution < 1.29 is 23.9 Å². The van der Waals surface area contributed by atoms with Gasteiger partial charge in [-0.05, 0) is 30.5 Å². The SMILES string of the molecule is COC(=O)c1c(C(=O)OC)c(-c2ccc(NC(=O)c3cnccn3)cc2)n2c1CCC2. The molecule has 1 N–H and O–H groups in total. The summed E-state index contributed by atoms with van der Waals surface area (Å²) in [6.45, 7) is 0.677. The molecule has 0 atom stereocenters. The van der Waals surface area contributed by atoms with E-state index in [9.17, 15) is 14.4 Å². The molecule has 0 saturated carbocycles. The summed E-state index contributed by atoms with van der Waals surface area (Å²) in [6, 6.07) is 7.00. The van der Waals surface area contributed by atoms with Gasteiger partial charge in [0.2, 0.25) is 0 Å². The summed E-state index contributed by atoms with van der Waals surface area (Å²) in [5.74, 6) is -1.55. The quantitative estimate of drug-likeness (QED) is 0.632. The van der Waals surface area contributed by atoms with E-state index in [0.717, 1.165) is 17.7 Å². The zero-order valence-electron chi connectivity index (χ0n) is 17.0. The first-order valence-electron chi connectivity index (χ1n) is 9.65. The van der Waals surface area contributed by atoms with Crippen LogP contribution in [-0.4, -0.2) is 46.6 Å². The van der Waals surface area contributed by atoms with Gasteiger partial charge in [-0.25, -0.2) is 14.6 Å². The molecule has 4 rings (SSSR count). The number of carbonyl (C=O) groups excluding carboxylic acids is 3. The lowest BCUT2D eigenvalue weighted by atomic mass is 10.0. The molecule has 158 valence electrons. The number of hydrogen-bond acceptors (Lipinski definition) is 7. The summed E-state index contributed by atoms with van der Waals surface area (Å²) >= 11 is 0. The van der Waals surface area contributed by atoms with Crippen LogP contribution >= 0.6 is 0 Å². The van der Waals surface area contributed by atoms with E-state index in [1.54, 1.807) is 24.3 Å². The number of benzene rings is 1. The number of hydrogen-bond donors (Lipinski definition) is 1. The van der Waals surface area contributed by atoms with Crippen molar-refractivity contribution >= 4 is 23.5 Å². The van der Waals surface area contributed by atoms with E-state index in [-0.39, 0.29) is 22.7 Å². The Morgan fingerprint density at radius 2 is 1.71 bits per heavy atom. The van der Waals surface area contributed by atoms with Crippen LogP contribution in [0.2, 0.25) is 0 Å². The molecule has 0 unspecified atom stereocenters. The van der Waals surface area contributed by atoms with Gasteiger partial charge in [0.05, 0.1) is 31.7 Å². The number of amides is 1. The third kappa shape index (κ3) is 3.65. The van der Waals surface area contributed by atoms with E-state index >= 15 is 0 Å². The second kappa shape index (κ2) is 8.39. The summed E-state index contributed by atoms with van der Waals surface area (Å²) in [6.07, 6.45) is 5.84. The fraction of sp³-hybridized carbons (Fsp3) is 0.227. The van der Waals surface area contributed by atoms with Crippen LogP contribution in [0.5, 0.6) is 0 Å². The predicted molar refractivity (Wildman–Crippen MR) is 111 cm³/mol. The van der Waals surface area contributed by atoms with E-state index in [2.05, 4.69) is 15.3 Å². The van der Waals surface area contributed by atoms with E-state index in [4.69, 9.17) is 9.47 Å². The van der Waals surface area contributed by atoms with Gasteiger partial charge in [-0.3, -0.25) is 9.78 Å². The summed E-state index contributed by atoms with van der Waals surface area (Å²) in [5, 5.41) is 2.76. The molecule has 0 radical (unpaired) electrons. The highest BCUT2D eigenvalue weighted by Gasteiger charge is 2.34. The number of ether oxygens (including phenoxy) is 2. The van der Waals surface area contributed by atoms with Gasteiger partial charge in [0.15, 0.2) is 0 Å². The fourth-order valence-corrected chi connectivity index (χ4v) is 3.82. The fourth-order valence-electron chi connectivity index (χ4n) is 3.82. The van der Waals surface area contributed by atoms with Crippen LogP contribution in [0.1, 0.15) is 43.3 Å². The zero-order chi connectivity index (χ0) is 22.0. The lowest BCUT2D eigenvalue weighted by Gasteiger charge is -2.11.